The zero-order chi connectivity index (χ0) is 14.8. The lowest BCUT2D eigenvalue weighted by molar-refractivity contribution is -0.137. The molecule has 0 bridgehead atoms. The van der Waals surface area contributed by atoms with Gasteiger partial charge >= 0.3 is 6.18 Å². The van der Waals surface area contributed by atoms with Crippen LogP contribution in [0.2, 0.25) is 0 Å². The highest BCUT2D eigenvalue weighted by molar-refractivity contribution is 5.86. The molecule has 0 radical (unpaired) electrons. The monoisotopic (exact) mass is 322 g/mol. The van der Waals surface area contributed by atoms with Gasteiger partial charge in [-0.05, 0) is 30.5 Å². The Morgan fingerprint density at radius 3 is 2.19 bits per heavy atom. The zero-order valence-corrected chi connectivity index (χ0v) is 12.2. The van der Waals surface area contributed by atoms with E-state index in [0.717, 1.165) is 25.0 Å². The fourth-order valence-corrected chi connectivity index (χ4v) is 2.40. The van der Waals surface area contributed by atoms with Crippen LogP contribution in [0.15, 0.2) is 24.3 Å². The van der Waals surface area contributed by atoms with Gasteiger partial charge in [0, 0.05) is 6.54 Å². The third kappa shape index (κ3) is 4.35. The Kier molecular flexibility index (Phi) is 5.64. The average Bonchev–Trinajstić information content (AvgIpc) is 2.84. The minimum absolute atomic E-state index is 0. The second-order valence-electron chi connectivity index (χ2n) is 5.24. The van der Waals surface area contributed by atoms with Gasteiger partial charge in [-0.25, -0.2) is 0 Å². The molecule has 7 heteroatoms. The molecule has 3 nitrogen and oxygen atoms in total. The smallest absolute Gasteiger partial charge is 0.350 e. The van der Waals surface area contributed by atoms with Crippen molar-refractivity contribution in [2.45, 2.75) is 43.9 Å². The average molecular weight is 323 g/mol. The van der Waals surface area contributed by atoms with E-state index in [1.54, 1.807) is 0 Å². The Hall–Kier alpha value is -1.27. The van der Waals surface area contributed by atoms with Crippen molar-refractivity contribution in [2.75, 3.05) is 0 Å². The number of hydrogen-bond acceptors (Lipinski definition) is 2. The topological polar surface area (TPSA) is 55.1 Å². The zero-order valence-electron chi connectivity index (χ0n) is 11.4. The van der Waals surface area contributed by atoms with Gasteiger partial charge in [0.1, 0.15) is 0 Å². The summed E-state index contributed by atoms with van der Waals surface area (Å²) in [5.74, 6) is -0.227. The summed E-state index contributed by atoms with van der Waals surface area (Å²) in [5, 5.41) is 2.69. The molecule has 1 fully saturated rings. The molecular weight excluding hydrogens is 305 g/mol. The van der Waals surface area contributed by atoms with E-state index in [1.807, 2.05) is 0 Å². The molecule has 1 saturated carbocycles. The Balaban J connectivity index is 0.00000220. The van der Waals surface area contributed by atoms with Crippen molar-refractivity contribution >= 4 is 18.3 Å². The fourth-order valence-electron chi connectivity index (χ4n) is 2.40. The summed E-state index contributed by atoms with van der Waals surface area (Å²) in [6, 6.07) is 4.74. The number of nitrogens with one attached hydrogen (secondary N) is 1. The molecule has 1 aromatic carbocycles. The molecular formula is C14H18ClF3N2O. The number of rotatable bonds is 3. The standard InChI is InChI=1S/C14H17F3N2O.ClH/c15-14(16,17)11-5-3-10(4-6-11)9-19-12(20)13(18)7-1-2-8-13;/h3-6H,1-2,7-9,18H2,(H,19,20);1H. The lowest BCUT2D eigenvalue weighted by Crippen LogP contribution is -2.51. The van der Waals surface area contributed by atoms with Gasteiger partial charge in [-0.15, -0.1) is 12.4 Å². The molecule has 0 saturated heterocycles. The molecule has 0 heterocycles. The van der Waals surface area contributed by atoms with E-state index in [0.29, 0.717) is 18.4 Å². The fraction of sp³-hybridized carbons (Fsp3) is 0.500. The van der Waals surface area contributed by atoms with Crippen LogP contribution in [0, 0.1) is 0 Å². The van der Waals surface area contributed by atoms with E-state index in [1.165, 1.54) is 12.1 Å². The van der Waals surface area contributed by atoms with Gasteiger partial charge in [0.05, 0.1) is 11.1 Å². The lowest BCUT2D eigenvalue weighted by Gasteiger charge is -2.22. The summed E-state index contributed by atoms with van der Waals surface area (Å²) in [6.07, 6.45) is -1.15. The summed E-state index contributed by atoms with van der Waals surface area (Å²) >= 11 is 0. The van der Waals surface area contributed by atoms with Crippen LogP contribution in [0.5, 0.6) is 0 Å². The first-order valence-electron chi connectivity index (χ1n) is 6.55. The molecule has 0 unspecified atom stereocenters. The largest absolute Gasteiger partial charge is 0.416 e. The highest BCUT2D eigenvalue weighted by atomic mass is 35.5. The number of alkyl halides is 3. The third-order valence-corrected chi connectivity index (χ3v) is 3.68. The van der Waals surface area contributed by atoms with Crippen molar-refractivity contribution in [1.29, 1.82) is 0 Å². The first-order chi connectivity index (χ1) is 9.31. The highest BCUT2D eigenvalue weighted by Gasteiger charge is 2.36. The van der Waals surface area contributed by atoms with Gasteiger partial charge in [0.2, 0.25) is 5.91 Å². The van der Waals surface area contributed by atoms with Crippen molar-refractivity contribution in [3.05, 3.63) is 35.4 Å². The quantitative estimate of drug-likeness (QED) is 0.898. The first-order valence-corrected chi connectivity index (χ1v) is 6.55. The predicted octanol–water partition coefficient (Wildman–Crippen LogP) is 3.01. The van der Waals surface area contributed by atoms with Crippen LogP contribution < -0.4 is 11.1 Å². The number of hydrogen-bond donors (Lipinski definition) is 2. The van der Waals surface area contributed by atoms with Crippen LogP contribution in [-0.4, -0.2) is 11.4 Å². The van der Waals surface area contributed by atoms with Crippen molar-refractivity contribution in [1.82, 2.24) is 5.32 Å². The van der Waals surface area contributed by atoms with Gasteiger partial charge in [-0.3, -0.25) is 4.79 Å². The maximum Gasteiger partial charge on any atom is 0.416 e. The summed E-state index contributed by atoms with van der Waals surface area (Å²) in [7, 11) is 0. The van der Waals surface area contributed by atoms with E-state index < -0.39 is 17.3 Å². The maximum absolute atomic E-state index is 12.4. The van der Waals surface area contributed by atoms with Crippen molar-refractivity contribution in [3.63, 3.8) is 0 Å². The molecule has 1 amide bonds. The van der Waals surface area contributed by atoms with Crippen LogP contribution in [0.3, 0.4) is 0 Å². The van der Waals surface area contributed by atoms with Crippen LogP contribution in [0.25, 0.3) is 0 Å². The van der Waals surface area contributed by atoms with E-state index in [-0.39, 0.29) is 24.9 Å². The molecule has 0 spiro atoms. The highest BCUT2D eigenvalue weighted by Crippen LogP contribution is 2.29. The van der Waals surface area contributed by atoms with E-state index in [9.17, 15) is 18.0 Å². The SMILES string of the molecule is Cl.NC1(C(=O)NCc2ccc(C(F)(F)F)cc2)CCCC1. The Morgan fingerprint density at radius 1 is 1.19 bits per heavy atom. The summed E-state index contributed by atoms with van der Waals surface area (Å²) in [4.78, 5) is 12.0. The van der Waals surface area contributed by atoms with Crippen molar-refractivity contribution in [2.24, 2.45) is 5.73 Å². The molecule has 1 aliphatic carbocycles. The summed E-state index contributed by atoms with van der Waals surface area (Å²) < 4.78 is 37.2. The van der Waals surface area contributed by atoms with Crippen LogP contribution >= 0.6 is 12.4 Å². The predicted molar refractivity (Wildman–Crippen MR) is 75.9 cm³/mol. The number of benzene rings is 1. The van der Waals surface area contributed by atoms with Crippen molar-refractivity contribution in [3.8, 4) is 0 Å². The van der Waals surface area contributed by atoms with Crippen LogP contribution in [0.1, 0.15) is 36.8 Å². The van der Waals surface area contributed by atoms with Crippen molar-refractivity contribution < 1.29 is 18.0 Å². The van der Waals surface area contributed by atoms with E-state index in [2.05, 4.69) is 5.32 Å². The number of halogens is 4. The van der Waals surface area contributed by atoms with Gasteiger partial charge in [-0.1, -0.05) is 25.0 Å². The third-order valence-electron chi connectivity index (χ3n) is 3.68. The Bertz CT molecular complexity index is 482. The number of carbonyl (C=O) groups is 1. The molecule has 118 valence electrons. The minimum atomic E-state index is -4.34. The molecule has 1 aliphatic rings. The van der Waals surface area contributed by atoms with Crippen LogP contribution in [0.4, 0.5) is 13.2 Å². The molecule has 2 rings (SSSR count). The maximum atomic E-state index is 12.4. The molecule has 1 aromatic rings. The minimum Gasteiger partial charge on any atom is -0.350 e. The molecule has 3 N–H and O–H groups in total. The summed E-state index contributed by atoms with van der Waals surface area (Å²) in [5.41, 5.74) is 5.10. The first kappa shape index (κ1) is 17.8. The second-order valence-corrected chi connectivity index (χ2v) is 5.24. The molecule has 21 heavy (non-hydrogen) atoms. The number of amides is 1. The molecule has 0 aliphatic heterocycles. The Labute approximate surface area is 127 Å². The Morgan fingerprint density at radius 2 is 1.71 bits per heavy atom. The number of nitrogens with two attached hydrogens (primary N) is 1. The van der Waals surface area contributed by atoms with Gasteiger partial charge in [0.25, 0.3) is 0 Å². The van der Waals surface area contributed by atoms with E-state index >= 15 is 0 Å². The van der Waals surface area contributed by atoms with Crippen LogP contribution in [-0.2, 0) is 17.5 Å². The summed E-state index contributed by atoms with van der Waals surface area (Å²) in [6.45, 7) is 0.190. The molecule has 0 aromatic heterocycles. The lowest BCUT2D eigenvalue weighted by atomic mass is 9.98. The molecule has 0 atom stereocenters. The van der Waals surface area contributed by atoms with Gasteiger partial charge < -0.3 is 11.1 Å². The second kappa shape index (κ2) is 6.66. The van der Waals surface area contributed by atoms with Gasteiger partial charge in [0.15, 0.2) is 0 Å². The normalized spacial score (nSPS) is 17.1. The van der Waals surface area contributed by atoms with E-state index in [4.69, 9.17) is 5.73 Å². The number of carbonyl (C=O) groups excluding carboxylic acids is 1. The van der Waals surface area contributed by atoms with Gasteiger partial charge in [-0.2, -0.15) is 13.2 Å².